The minimum Gasteiger partial charge on any atom is -0.482 e. The van der Waals surface area contributed by atoms with Gasteiger partial charge in [-0.15, -0.1) is 0 Å². The molecule has 0 N–H and O–H groups in total. The van der Waals surface area contributed by atoms with Crippen LogP contribution in [0.5, 0.6) is 5.75 Å². The van der Waals surface area contributed by atoms with Crippen molar-refractivity contribution >= 4 is 5.91 Å². The Morgan fingerprint density at radius 3 is 2.35 bits per heavy atom. The molecular weight excluding hydrogens is 439 g/mol. The number of amides is 1. The number of carbonyl (C=O) groups is 1. The lowest BCUT2D eigenvalue weighted by Gasteiger charge is -2.34. The fourth-order valence-electron chi connectivity index (χ4n) is 3.67. The Balaban J connectivity index is 1.20. The van der Waals surface area contributed by atoms with Crippen LogP contribution in [0.3, 0.4) is 0 Å². The zero-order valence-electron chi connectivity index (χ0n) is 18.8. The Hall–Kier alpha value is -3.49. The first-order valence-corrected chi connectivity index (χ1v) is 11.2. The van der Waals surface area contributed by atoms with E-state index < -0.39 is 0 Å². The van der Waals surface area contributed by atoms with Gasteiger partial charge in [0.15, 0.2) is 0 Å². The van der Waals surface area contributed by atoms with Gasteiger partial charge in [-0.3, -0.25) is 14.5 Å². The van der Waals surface area contributed by atoms with Gasteiger partial charge in [-0.1, -0.05) is 42.5 Å². The van der Waals surface area contributed by atoms with Crippen molar-refractivity contribution in [1.82, 2.24) is 9.80 Å². The zero-order valence-corrected chi connectivity index (χ0v) is 18.8. The molecule has 4 rings (SSSR count). The van der Waals surface area contributed by atoms with Crippen molar-refractivity contribution in [2.24, 2.45) is 0 Å². The summed E-state index contributed by atoms with van der Waals surface area (Å²) in [6.45, 7) is 3.63. The van der Waals surface area contributed by atoms with Gasteiger partial charge in [0.1, 0.15) is 31.1 Å². The summed E-state index contributed by atoms with van der Waals surface area (Å²) in [5, 5.41) is 0. The number of nitrogens with zero attached hydrogens (tertiary/aromatic N) is 2. The second kappa shape index (κ2) is 11.6. The fraction of sp³-hybridized carbons (Fsp3) is 0.308. The Morgan fingerprint density at radius 1 is 0.941 bits per heavy atom. The van der Waals surface area contributed by atoms with Crippen molar-refractivity contribution in [1.29, 1.82) is 0 Å². The standard InChI is InChI=1S/C26H27FN2O5/c27-22-8-6-21(7-9-22)17-34-25-18-33-23(14-24(25)30)15-28-10-12-29(13-11-28)26(31)19-32-16-20-4-2-1-3-5-20/h1-9,14,18H,10-13,15-17,19H2. The number of piperazine rings is 1. The van der Waals surface area contributed by atoms with E-state index in [-0.39, 0.29) is 36.1 Å². The van der Waals surface area contributed by atoms with E-state index in [1.54, 1.807) is 17.0 Å². The Kier molecular flexibility index (Phi) is 8.06. The van der Waals surface area contributed by atoms with Gasteiger partial charge < -0.3 is 18.8 Å². The molecule has 1 aliphatic rings. The topological polar surface area (TPSA) is 72.2 Å². The number of rotatable bonds is 9. The first-order valence-electron chi connectivity index (χ1n) is 11.2. The number of hydrogen-bond acceptors (Lipinski definition) is 6. The molecule has 0 radical (unpaired) electrons. The van der Waals surface area contributed by atoms with Gasteiger partial charge in [0, 0.05) is 32.2 Å². The van der Waals surface area contributed by atoms with Crippen molar-refractivity contribution in [2.45, 2.75) is 19.8 Å². The van der Waals surface area contributed by atoms with Crippen LogP contribution < -0.4 is 10.2 Å². The Labute approximate surface area is 197 Å². The summed E-state index contributed by atoms with van der Waals surface area (Å²) in [4.78, 5) is 28.7. The molecule has 3 aromatic rings. The van der Waals surface area contributed by atoms with Crippen LogP contribution in [0.2, 0.25) is 0 Å². The van der Waals surface area contributed by atoms with E-state index in [0.29, 0.717) is 45.1 Å². The molecule has 1 saturated heterocycles. The van der Waals surface area contributed by atoms with E-state index in [1.165, 1.54) is 24.5 Å². The summed E-state index contributed by atoms with van der Waals surface area (Å²) in [6.07, 6.45) is 1.31. The van der Waals surface area contributed by atoms with Gasteiger partial charge in [-0.2, -0.15) is 0 Å². The van der Waals surface area contributed by atoms with Crippen LogP contribution >= 0.6 is 0 Å². The minimum absolute atomic E-state index is 0.0234. The van der Waals surface area contributed by atoms with Crippen molar-refractivity contribution in [2.75, 3.05) is 32.8 Å². The van der Waals surface area contributed by atoms with Crippen LogP contribution in [0.1, 0.15) is 16.9 Å². The van der Waals surface area contributed by atoms with Crippen LogP contribution in [-0.4, -0.2) is 48.5 Å². The van der Waals surface area contributed by atoms with Crippen LogP contribution in [0.25, 0.3) is 0 Å². The smallest absolute Gasteiger partial charge is 0.248 e. The average Bonchev–Trinajstić information content (AvgIpc) is 2.86. The van der Waals surface area contributed by atoms with E-state index in [0.717, 1.165) is 11.1 Å². The SMILES string of the molecule is O=C(COCc1ccccc1)N1CCN(Cc2cc(=O)c(OCc3ccc(F)cc3)co2)CC1. The predicted molar refractivity (Wildman–Crippen MR) is 124 cm³/mol. The number of halogens is 1. The first kappa shape index (κ1) is 23.7. The molecule has 2 aromatic carbocycles. The maximum absolute atomic E-state index is 13.0. The van der Waals surface area contributed by atoms with E-state index in [1.807, 2.05) is 30.3 Å². The largest absolute Gasteiger partial charge is 0.482 e. The molecule has 1 aromatic heterocycles. The molecular formula is C26H27FN2O5. The lowest BCUT2D eigenvalue weighted by molar-refractivity contribution is -0.138. The van der Waals surface area contributed by atoms with E-state index in [4.69, 9.17) is 13.9 Å². The molecule has 0 unspecified atom stereocenters. The van der Waals surface area contributed by atoms with E-state index in [2.05, 4.69) is 4.90 Å². The zero-order chi connectivity index (χ0) is 23.8. The maximum Gasteiger partial charge on any atom is 0.248 e. The Bertz CT molecular complexity index is 1130. The number of benzene rings is 2. The summed E-state index contributed by atoms with van der Waals surface area (Å²) in [7, 11) is 0. The third-order valence-electron chi connectivity index (χ3n) is 5.60. The molecule has 34 heavy (non-hydrogen) atoms. The molecule has 0 atom stereocenters. The van der Waals surface area contributed by atoms with Crippen molar-refractivity contribution < 1.29 is 23.1 Å². The molecule has 0 bridgehead atoms. The molecule has 1 aliphatic heterocycles. The van der Waals surface area contributed by atoms with Crippen LogP contribution in [0.15, 0.2) is 76.1 Å². The van der Waals surface area contributed by atoms with Crippen molar-refractivity contribution in [3.8, 4) is 5.75 Å². The lowest BCUT2D eigenvalue weighted by atomic mass is 10.2. The van der Waals surface area contributed by atoms with Crippen LogP contribution in [-0.2, 0) is 29.3 Å². The second-order valence-corrected chi connectivity index (χ2v) is 8.13. The quantitative estimate of drug-likeness (QED) is 0.482. The minimum atomic E-state index is -0.325. The average molecular weight is 467 g/mol. The predicted octanol–water partition coefficient (Wildman–Crippen LogP) is 3.22. The summed E-state index contributed by atoms with van der Waals surface area (Å²) < 4.78 is 29.6. The highest BCUT2D eigenvalue weighted by Crippen LogP contribution is 2.13. The molecule has 1 fully saturated rings. The summed E-state index contributed by atoms with van der Waals surface area (Å²) >= 11 is 0. The van der Waals surface area contributed by atoms with Crippen molar-refractivity contribution in [3.05, 3.63) is 99.9 Å². The number of ether oxygens (including phenoxy) is 2. The second-order valence-electron chi connectivity index (χ2n) is 8.13. The fourth-order valence-corrected chi connectivity index (χ4v) is 3.67. The summed E-state index contributed by atoms with van der Waals surface area (Å²) in [6, 6.07) is 17.1. The van der Waals surface area contributed by atoms with Crippen LogP contribution in [0.4, 0.5) is 4.39 Å². The molecule has 0 aliphatic carbocycles. The first-order chi connectivity index (χ1) is 16.6. The molecule has 8 heteroatoms. The monoisotopic (exact) mass is 466 g/mol. The Morgan fingerprint density at radius 2 is 1.65 bits per heavy atom. The highest BCUT2D eigenvalue weighted by Gasteiger charge is 2.22. The molecule has 7 nitrogen and oxygen atoms in total. The molecule has 0 spiro atoms. The van der Waals surface area contributed by atoms with E-state index >= 15 is 0 Å². The van der Waals surface area contributed by atoms with Gasteiger partial charge >= 0.3 is 0 Å². The van der Waals surface area contributed by atoms with Crippen LogP contribution in [0, 0.1) is 5.82 Å². The molecule has 2 heterocycles. The number of carbonyl (C=O) groups excluding carboxylic acids is 1. The maximum atomic E-state index is 13.0. The normalized spacial score (nSPS) is 14.2. The summed E-state index contributed by atoms with van der Waals surface area (Å²) in [5.74, 6) is 0.295. The summed E-state index contributed by atoms with van der Waals surface area (Å²) in [5.41, 5.74) is 1.52. The van der Waals surface area contributed by atoms with Gasteiger partial charge in [0.2, 0.25) is 17.1 Å². The van der Waals surface area contributed by atoms with Crippen molar-refractivity contribution in [3.63, 3.8) is 0 Å². The van der Waals surface area contributed by atoms with Gasteiger partial charge in [0.05, 0.1) is 13.2 Å². The van der Waals surface area contributed by atoms with Gasteiger partial charge in [-0.25, -0.2) is 4.39 Å². The highest BCUT2D eigenvalue weighted by molar-refractivity contribution is 5.77. The number of hydrogen-bond donors (Lipinski definition) is 0. The van der Waals surface area contributed by atoms with Gasteiger partial charge in [-0.05, 0) is 23.3 Å². The third kappa shape index (κ3) is 6.76. The van der Waals surface area contributed by atoms with Gasteiger partial charge in [0.25, 0.3) is 0 Å². The molecule has 1 amide bonds. The lowest BCUT2D eigenvalue weighted by Crippen LogP contribution is -2.49. The molecule has 0 saturated carbocycles. The molecule has 178 valence electrons. The third-order valence-corrected chi connectivity index (χ3v) is 5.60. The highest BCUT2D eigenvalue weighted by atomic mass is 19.1. The van der Waals surface area contributed by atoms with E-state index in [9.17, 15) is 14.0 Å².